The van der Waals surface area contributed by atoms with Crippen LogP contribution < -0.4 is 0 Å². The van der Waals surface area contributed by atoms with E-state index >= 15 is 0 Å². The Kier molecular flexibility index (Phi) is 6.10. The van der Waals surface area contributed by atoms with E-state index in [0.717, 1.165) is 20.2 Å². The van der Waals surface area contributed by atoms with Gasteiger partial charge >= 0.3 is 0 Å². The summed E-state index contributed by atoms with van der Waals surface area (Å²) in [6, 6.07) is 0. The van der Waals surface area contributed by atoms with Crippen LogP contribution in [-0.4, -0.2) is 12.5 Å². The molecule has 0 amide bonds. The highest BCUT2D eigenvalue weighted by Crippen LogP contribution is 1.88. The lowest BCUT2D eigenvalue weighted by molar-refractivity contribution is 0.600. The van der Waals surface area contributed by atoms with Crippen LogP contribution in [0, 0.1) is 0 Å². The highest BCUT2D eigenvalue weighted by Gasteiger charge is 1.79. The first-order chi connectivity index (χ1) is 3.91. The van der Waals surface area contributed by atoms with Gasteiger partial charge in [-0.25, -0.2) is 0 Å². The SMILES string of the molecule is C=CC=CCC[B]O. The molecule has 1 N–H and O–H groups in total. The van der Waals surface area contributed by atoms with Crippen molar-refractivity contribution in [2.75, 3.05) is 0 Å². The van der Waals surface area contributed by atoms with Crippen LogP contribution in [0.3, 0.4) is 0 Å². The van der Waals surface area contributed by atoms with Crippen LogP contribution in [0.25, 0.3) is 0 Å². The number of hydrogen-bond donors (Lipinski definition) is 1. The maximum atomic E-state index is 8.18. The monoisotopic (exact) mass is 109 g/mol. The van der Waals surface area contributed by atoms with Crippen molar-refractivity contribution < 1.29 is 5.02 Å². The van der Waals surface area contributed by atoms with Crippen molar-refractivity contribution in [3.63, 3.8) is 0 Å². The number of hydrogen-bond acceptors (Lipinski definition) is 1. The Morgan fingerprint density at radius 2 is 2.38 bits per heavy atom. The van der Waals surface area contributed by atoms with E-state index in [2.05, 4.69) is 6.58 Å². The molecule has 0 unspecified atom stereocenters. The van der Waals surface area contributed by atoms with E-state index in [1.807, 2.05) is 12.2 Å². The van der Waals surface area contributed by atoms with Gasteiger partial charge in [0.25, 0.3) is 7.48 Å². The fourth-order valence-corrected chi connectivity index (χ4v) is 0.363. The van der Waals surface area contributed by atoms with Gasteiger partial charge in [0.2, 0.25) is 0 Å². The first-order valence-corrected chi connectivity index (χ1v) is 2.65. The zero-order valence-corrected chi connectivity index (χ0v) is 4.88. The zero-order valence-electron chi connectivity index (χ0n) is 4.88. The predicted molar refractivity (Wildman–Crippen MR) is 36.7 cm³/mol. The summed E-state index contributed by atoms with van der Waals surface area (Å²) in [6.07, 6.45) is 7.16. The van der Waals surface area contributed by atoms with Crippen molar-refractivity contribution in [2.24, 2.45) is 0 Å². The number of rotatable bonds is 4. The van der Waals surface area contributed by atoms with Gasteiger partial charge in [0.15, 0.2) is 0 Å². The fourth-order valence-electron chi connectivity index (χ4n) is 0.363. The molecule has 0 aliphatic rings. The molecule has 43 valence electrons. The molecule has 2 heteroatoms. The van der Waals surface area contributed by atoms with Gasteiger partial charge in [-0.2, -0.15) is 0 Å². The molecule has 0 aromatic heterocycles. The van der Waals surface area contributed by atoms with Crippen LogP contribution in [0.2, 0.25) is 6.32 Å². The molecule has 1 nitrogen and oxygen atoms in total. The van der Waals surface area contributed by atoms with Gasteiger partial charge in [-0.15, -0.1) is 0 Å². The molecule has 0 aromatic carbocycles. The van der Waals surface area contributed by atoms with Gasteiger partial charge in [-0.1, -0.05) is 24.8 Å². The molecule has 0 bridgehead atoms. The standard InChI is InChI=1S/C6H10BO/c1-2-3-4-5-6-7-8/h2-4,8H,1,5-6H2. The summed E-state index contributed by atoms with van der Waals surface area (Å²) in [6.45, 7) is 3.50. The summed E-state index contributed by atoms with van der Waals surface area (Å²) < 4.78 is 0. The van der Waals surface area contributed by atoms with E-state index < -0.39 is 0 Å². The van der Waals surface area contributed by atoms with Gasteiger partial charge in [-0.3, -0.25) is 0 Å². The molecule has 0 saturated carbocycles. The third kappa shape index (κ3) is 5.50. The smallest absolute Gasteiger partial charge is 0.287 e. The molecule has 0 aliphatic carbocycles. The molecule has 0 aliphatic heterocycles. The van der Waals surface area contributed by atoms with Crippen molar-refractivity contribution in [2.45, 2.75) is 12.7 Å². The second kappa shape index (κ2) is 6.50. The lowest BCUT2D eigenvalue weighted by Gasteiger charge is -1.81. The Morgan fingerprint density at radius 1 is 1.62 bits per heavy atom. The first-order valence-electron chi connectivity index (χ1n) is 2.65. The molecule has 0 aromatic rings. The summed E-state index contributed by atoms with van der Waals surface area (Å²) in [5.41, 5.74) is 0. The molecule has 0 fully saturated rings. The second-order valence-electron chi connectivity index (χ2n) is 1.42. The van der Waals surface area contributed by atoms with E-state index in [4.69, 9.17) is 5.02 Å². The summed E-state index contributed by atoms with van der Waals surface area (Å²) >= 11 is 0. The summed E-state index contributed by atoms with van der Waals surface area (Å²) in [5, 5.41) is 8.18. The maximum absolute atomic E-state index is 8.18. The van der Waals surface area contributed by atoms with E-state index in [-0.39, 0.29) is 0 Å². The van der Waals surface area contributed by atoms with E-state index in [1.54, 1.807) is 6.08 Å². The predicted octanol–water partition coefficient (Wildman–Crippen LogP) is 1.15. The maximum Gasteiger partial charge on any atom is 0.287 e. The largest absolute Gasteiger partial charge is 0.454 e. The minimum atomic E-state index is 0.727. The lowest BCUT2D eigenvalue weighted by atomic mass is 9.94. The quantitative estimate of drug-likeness (QED) is 0.326. The molecule has 0 rings (SSSR count). The molecule has 1 radical (unpaired) electrons. The third-order valence-electron chi connectivity index (χ3n) is 0.735. The highest BCUT2D eigenvalue weighted by atomic mass is 16.2. The molecule has 0 spiro atoms. The van der Waals surface area contributed by atoms with E-state index in [1.165, 1.54) is 0 Å². The van der Waals surface area contributed by atoms with Gasteiger partial charge in [0.1, 0.15) is 0 Å². The first kappa shape index (κ1) is 7.50. The van der Waals surface area contributed by atoms with Gasteiger partial charge in [-0.05, 0) is 12.7 Å². The van der Waals surface area contributed by atoms with Crippen LogP contribution in [0.15, 0.2) is 24.8 Å². The van der Waals surface area contributed by atoms with Crippen molar-refractivity contribution >= 4 is 7.48 Å². The Morgan fingerprint density at radius 3 is 2.88 bits per heavy atom. The van der Waals surface area contributed by atoms with Gasteiger partial charge in [0.05, 0.1) is 0 Å². The molecule has 0 heterocycles. The normalized spacial score (nSPS) is 9.62. The number of allylic oxidation sites excluding steroid dienone is 3. The molecule has 0 atom stereocenters. The lowest BCUT2D eigenvalue weighted by Crippen LogP contribution is -1.81. The summed E-state index contributed by atoms with van der Waals surface area (Å²) in [5.74, 6) is 0. The van der Waals surface area contributed by atoms with Crippen molar-refractivity contribution in [3.05, 3.63) is 24.8 Å². The van der Waals surface area contributed by atoms with Crippen molar-refractivity contribution in [1.29, 1.82) is 0 Å². The zero-order chi connectivity index (χ0) is 6.24. The Labute approximate surface area is 51.0 Å². The van der Waals surface area contributed by atoms with Crippen LogP contribution in [-0.2, 0) is 0 Å². The average molecular weight is 109 g/mol. The molecule has 8 heavy (non-hydrogen) atoms. The Hall–Kier alpha value is -0.495. The Balaban J connectivity index is 2.91. The molecular weight excluding hydrogens is 98.9 g/mol. The van der Waals surface area contributed by atoms with Crippen LogP contribution in [0.5, 0.6) is 0 Å². The van der Waals surface area contributed by atoms with E-state index in [0.29, 0.717) is 0 Å². The van der Waals surface area contributed by atoms with Crippen molar-refractivity contribution in [3.8, 4) is 0 Å². The summed E-state index contributed by atoms with van der Waals surface area (Å²) in [7, 11) is 1.16. The third-order valence-corrected chi connectivity index (χ3v) is 0.735. The van der Waals surface area contributed by atoms with Crippen molar-refractivity contribution in [1.82, 2.24) is 0 Å². The summed E-state index contributed by atoms with van der Waals surface area (Å²) in [4.78, 5) is 0. The van der Waals surface area contributed by atoms with Crippen LogP contribution >= 0.6 is 0 Å². The fraction of sp³-hybridized carbons (Fsp3) is 0.333. The van der Waals surface area contributed by atoms with Crippen LogP contribution in [0.4, 0.5) is 0 Å². The minimum Gasteiger partial charge on any atom is -0.454 e. The topological polar surface area (TPSA) is 20.2 Å². The minimum absolute atomic E-state index is 0.727. The van der Waals surface area contributed by atoms with Gasteiger partial charge < -0.3 is 5.02 Å². The van der Waals surface area contributed by atoms with E-state index in [9.17, 15) is 0 Å². The highest BCUT2D eigenvalue weighted by molar-refractivity contribution is 6.25. The molecule has 0 saturated heterocycles. The second-order valence-corrected chi connectivity index (χ2v) is 1.42. The van der Waals surface area contributed by atoms with Gasteiger partial charge in [0, 0.05) is 0 Å². The molecular formula is C6H10BO. The van der Waals surface area contributed by atoms with Crippen LogP contribution in [0.1, 0.15) is 6.42 Å². The average Bonchev–Trinajstić information content (AvgIpc) is 1.81. The Bertz CT molecular complexity index is 78.6.